The number of cyclic esters (lactones) is 1. The smallest absolute Gasteiger partial charge is 0.363 e. The predicted octanol–water partition coefficient (Wildman–Crippen LogP) is 4.02. The van der Waals surface area contributed by atoms with Gasteiger partial charge in [-0.15, -0.1) is 11.3 Å². The molecular weight excluding hydrogens is 282 g/mol. The van der Waals surface area contributed by atoms with E-state index in [2.05, 4.69) is 4.99 Å². The molecule has 0 amide bonds. The Balaban J connectivity index is 1.95. The molecule has 2 aromatic rings. The number of hydrogen-bond donors (Lipinski definition) is 0. The number of aryl methyl sites for hydroxylation is 3. The summed E-state index contributed by atoms with van der Waals surface area (Å²) in [5.41, 5.74) is 3.54. The molecule has 4 heteroatoms. The second kappa shape index (κ2) is 5.30. The highest BCUT2D eigenvalue weighted by atomic mass is 32.1. The van der Waals surface area contributed by atoms with Gasteiger partial charge >= 0.3 is 5.97 Å². The maximum atomic E-state index is 11.9. The van der Waals surface area contributed by atoms with E-state index >= 15 is 0 Å². The standard InChI is InChI=1S/C17H15NO2S/c1-10-4-6-13(8-11(10)2)16-18-15(17(19)20-16)9-14-7-5-12(3)21-14/h4-9H,1-3H3/b15-9-. The van der Waals surface area contributed by atoms with Crippen LogP contribution in [0.4, 0.5) is 0 Å². The second-order valence-electron chi connectivity index (χ2n) is 5.08. The molecule has 1 aliphatic heterocycles. The molecule has 0 radical (unpaired) electrons. The Bertz CT molecular complexity index is 784. The summed E-state index contributed by atoms with van der Waals surface area (Å²) in [6.07, 6.45) is 1.77. The molecule has 1 aliphatic rings. The lowest BCUT2D eigenvalue weighted by atomic mass is 10.1. The summed E-state index contributed by atoms with van der Waals surface area (Å²) in [6.45, 7) is 6.11. The van der Waals surface area contributed by atoms with E-state index in [1.807, 2.05) is 51.1 Å². The van der Waals surface area contributed by atoms with Crippen LogP contribution in [0.2, 0.25) is 0 Å². The van der Waals surface area contributed by atoms with Crippen molar-refractivity contribution >= 4 is 29.3 Å². The van der Waals surface area contributed by atoms with Crippen LogP contribution in [0.1, 0.15) is 26.4 Å². The van der Waals surface area contributed by atoms with Crippen LogP contribution in [0, 0.1) is 20.8 Å². The quantitative estimate of drug-likeness (QED) is 0.620. The Morgan fingerprint density at radius 1 is 1.10 bits per heavy atom. The molecule has 21 heavy (non-hydrogen) atoms. The zero-order valence-corrected chi connectivity index (χ0v) is 13.0. The van der Waals surface area contributed by atoms with E-state index in [0.717, 1.165) is 16.0 Å². The minimum Gasteiger partial charge on any atom is -0.402 e. The zero-order chi connectivity index (χ0) is 15.0. The minimum absolute atomic E-state index is 0.352. The van der Waals surface area contributed by atoms with Gasteiger partial charge in [-0.25, -0.2) is 9.79 Å². The van der Waals surface area contributed by atoms with Gasteiger partial charge in [-0.3, -0.25) is 0 Å². The summed E-state index contributed by atoms with van der Waals surface area (Å²) in [5, 5.41) is 0. The van der Waals surface area contributed by atoms with Crippen molar-refractivity contribution in [1.82, 2.24) is 0 Å². The van der Waals surface area contributed by atoms with Gasteiger partial charge in [0.15, 0.2) is 5.70 Å². The van der Waals surface area contributed by atoms with Crippen LogP contribution >= 0.6 is 11.3 Å². The Hall–Kier alpha value is -2.20. The second-order valence-corrected chi connectivity index (χ2v) is 6.40. The third-order valence-corrected chi connectivity index (χ3v) is 4.36. The molecule has 1 aromatic carbocycles. The van der Waals surface area contributed by atoms with Crippen LogP contribution in [0.3, 0.4) is 0 Å². The average Bonchev–Trinajstić information content (AvgIpc) is 3.00. The summed E-state index contributed by atoms with van der Waals surface area (Å²) in [5.74, 6) is -0.0168. The monoisotopic (exact) mass is 297 g/mol. The molecule has 3 nitrogen and oxygen atoms in total. The number of rotatable bonds is 2. The largest absolute Gasteiger partial charge is 0.402 e. The molecule has 0 atom stereocenters. The van der Waals surface area contributed by atoms with Gasteiger partial charge in [0.1, 0.15) is 0 Å². The van der Waals surface area contributed by atoms with Crippen molar-refractivity contribution < 1.29 is 9.53 Å². The number of carbonyl (C=O) groups is 1. The van der Waals surface area contributed by atoms with Gasteiger partial charge < -0.3 is 4.74 Å². The molecule has 0 aliphatic carbocycles. The third-order valence-electron chi connectivity index (χ3n) is 3.41. The number of esters is 1. The van der Waals surface area contributed by atoms with Gasteiger partial charge in [0.25, 0.3) is 0 Å². The van der Waals surface area contributed by atoms with Crippen LogP contribution in [0.25, 0.3) is 6.08 Å². The molecule has 1 aromatic heterocycles. The molecule has 3 rings (SSSR count). The molecule has 106 valence electrons. The molecule has 0 bridgehead atoms. The number of carbonyl (C=O) groups excluding carboxylic acids is 1. The number of benzene rings is 1. The molecule has 0 saturated carbocycles. The van der Waals surface area contributed by atoms with Crippen LogP contribution in [-0.4, -0.2) is 11.9 Å². The van der Waals surface area contributed by atoms with E-state index in [1.54, 1.807) is 17.4 Å². The minimum atomic E-state index is -0.394. The summed E-state index contributed by atoms with van der Waals surface area (Å²) in [7, 11) is 0. The lowest BCUT2D eigenvalue weighted by Gasteiger charge is -2.03. The first kappa shape index (κ1) is 13.8. The van der Waals surface area contributed by atoms with Crippen LogP contribution < -0.4 is 0 Å². The van der Waals surface area contributed by atoms with Crippen molar-refractivity contribution in [2.24, 2.45) is 4.99 Å². The van der Waals surface area contributed by atoms with Crippen LogP contribution in [-0.2, 0) is 9.53 Å². The van der Waals surface area contributed by atoms with Crippen molar-refractivity contribution in [1.29, 1.82) is 0 Å². The summed E-state index contributed by atoms with van der Waals surface area (Å²) in [4.78, 5) is 18.5. The topological polar surface area (TPSA) is 38.7 Å². The van der Waals surface area contributed by atoms with E-state index in [9.17, 15) is 4.79 Å². The van der Waals surface area contributed by atoms with Crippen molar-refractivity contribution in [3.8, 4) is 0 Å². The van der Waals surface area contributed by atoms with Gasteiger partial charge in [-0.2, -0.15) is 0 Å². The highest BCUT2D eigenvalue weighted by Gasteiger charge is 2.24. The summed E-state index contributed by atoms with van der Waals surface area (Å²) >= 11 is 1.62. The molecule has 0 saturated heterocycles. The molecule has 0 spiro atoms. The number of ether oxygens (including phenoxy) is 1. The number of aliphatic imine (C=N–C) groups is 1. The van der Waals surface area contributed by atoms with Gasteiger partial charge in [0.2, 0.25) is 5.90 Å². The first-order valence-electron chi connectivity index (χ1n) is 6.69. The highest BCUT2D eigenvalue weighted by molar-refractivity contribution is 7.12. The SMILES string of the molecule is Cc1ccc(/C=C2\N=C(c3ccc(C)c(C)c3)OC2=O)s1. The lowest BCUT2D eigenvalue weighted by Crippen LogP contribution is -2.05. The van der Waals surface area contributed by atoms with Crippen molar-refractivity contribution in [3.63, 3.8) is 0 Å². The van der Waals surface area contributed by atoms with Crippen molar-refractivity contribution in [2.45, 2.75) is 20.8 Å². The number of hydrogen-bond acceptors (Lipinski definition) is 4. The number of nitrogens with zero attached hydrogens (tertiary/aromatic N) is 1. The Morgan fingerprint density at radius 2 is 1.90 bits per heavy atom. The van der Waals surface area contributed by atoms with Gasteiger partial charge in [-0.1, -0.05) is 6.07 Å². The van der Waals surface area contributed by atoms with Gasteiger partial charge in [-0.05, 0) is 62.2 Å². The molecule has 0 fully saturated rings. The molecule has 2 heterocycles. The van der Waals surface area contributed by atoms with Crippen LogP contribution in [0.5, 0.6) is 0 Å². The van der Waals surface area contributed by atoms with E-state index < -0.39 is 5.97 Å². The van der Waals surface area contributed by atoms with E-state index in [0.29, 0.717) is 11.6 Å². The molecular formula is C17H15NO2S. The maximum absolute atomic E-state index is 11.9. The zero-order valence-electron chi connectivity index (χ0n) is 12.1. The Labute approximate surface area is 127 Å². The fraction of sp³-hybridized carbons (Fsp3) is 0.176. The normalized spacial score (nSPS) is 16.2. The van der Waals surface area contributed by atoms with E-state index in [1.165, 1.54) is 10.4 Å². The average molecular weight is 297 g/mol. The highest BCUT2D eigenvalue weighted by Crippen LogP contribution is 2.23. The number of thiophene rings is 1. The summed E-state index contributed by atoms with van der Waals surface area (Å²) < 4.78 is 5.28. The Kier molecular flexibility index (Phi) is 3.47. The summed E-state index contributed by atoms with van der Waals surface area (Å²) in [6, 6.07) is 9.91. The lowest BCUT2D eigenvalue weighted by molar-refractivity contribution is -0.129. The van der Waals surface area contributed by atoms with E-state index in [-0.39, 0.29) is 0 Å². The molecule has 0 unspecified atom stereocenters. The van der Waals surface area contributed by atoms with Gasteiger partial charge in [0.05, 0.1) is 0 Å². The van der Waals surface area contributed by atoms with Gasteiger partial charge in [0, 0.05) is 15.3 Å². The Morgan fingerprint density at radius 3 is 2.57 bits per heavy atom. The van der Waals surface area contributed by atoms with E-state index in [4.69, 9.17) is 4.74 Å². The first-order chi connectivity index (χ1) is 10.0. The van der Waals surface area contributed by atoms with Crippen LogP contribution in [0.15, 0.2) is 41.0 Å². The fourth-order valence-electron chi connectivity index (χ4n) is 2.07. The third kappa shape index (κ3) is 2.81. The first-order valence-corrected chi connectivity index (χ1v) is 7.51. The predicted molar refractivity (Wildman–Crippen MR) is 85.6 cm³/mol. The molecule has 0 N–H and O–H groups in total. The van der Waals surface area contributed by atoms with Crippen molar-refractivity contribution in [2.75, 3.05) is 0 Å². The maximum Gasteiger partial charge on any atom is 0.363 e. The fourth-order valence-corrected chi connectivity index (χ4v) is 2.89. The van der Waals surface area contributed by atoms with Crippen molar-refractivity contribution in [3.05, 3.63) is 62.5 Å².